The van der Waals surface area contributed by atoms with Crippen LogP contribution in [0, 0.1) is 0 Å². The molecule has 0 saturated carbocycles. The van der Waals surface area contributed by atoms with E-state index >= 15 is 0 Å². The van der Waals surface area contributed by atoms with Crippen LogP contribution in [0.1, 0.15) is 29.3 Å². The van der Waals surface area contributed by atoms with Gasteiger partial charge in [-0.15, -0.1) is 0 Å². The zero-order chi connectivity index (χ0) is 31.6. The summed E-state index contributed by atoms with van der Waals surface area (Å²) in [7, 11) is 0. The van der Waals surface area contributed by atoms with E-state index in [1.54, 1.807) is 43.3 Å². The minimum absolute atomic E-state index is 0.0536. The minimum Gasteiger partial charge on any atom is -0.462 e. The summed E-state index contributed by atoms with van der Waals surface area (Å²) in [5.74, 6) is -1.75. The highest BCUT2D eigenvalue weighted by Gasteiger charge is 2.15. The lowest BCUT2D eigenvalue weighted by Gasteiger charge is -2.12. The molecule has 4 aromatic rings. The Kier molecular flexibility index (Phi) is 10.2. The van der Waals surface area contributed by atoms with Gasteiger partial charge in [0.05, 0.1) is 12.2 Å². The third-order valence-corrected chi connectivity index (χ3v) is 6.43. The molecule has 0 aromatic heterocycles. The first-order valence-electron chi connectivity index (χ1n) is 13.7. The lowest BCUT2D eigenvalue weighted by molar-refractivity contribution is -0.139. The molecule has 0 aliphatic heterocycles. The van der Waals surface area contributed by atoms with Crippen molar-refractivity contribution in [1.82, 2.24) is 0 Å². The van der Waals surface area contributed by atoms with E-state index in [4.69, 9.17) is 18.9 Å². The Balaban J connectivity index is 1.44. The molecule has 0 fully saturated rings. The highest BCUT2D eigenvalue weighted by molar-refractivity contribution is 5.97. The number of fused-ring (bicyclic) bond motifs is 1. The van der Waals surface area contributed by atoms with E-state index in [0.717, 1.165) is 34.1 Å². The van der Waals surface area contributed by atoms with E-state index in [0.29, 0.717) is 41.9 Å². The average molecular weight is 591 g/mol. The van der Waals surface area contributed by atoms with Crippen molar-refractivity contribution in [2.45, 2.75) is 19.8 Å². The van der Waals surface area contributed by atoms with E-state index < -0.39 is 23.9 Å². The zero-order valence-corrected chi connectivity index (χ0v) is 24.2. The molecule has 0 aliphatic carbocycles. The van der Waals surface area contributed by atoms with Crippen molar-refractivity contribution in [3.05, 3.63) is 127 Å². The molecule has 0 N–H and O–H groups in total. The summed E-state index contributed by atoms with van der Waals surface area (Å²) in [5, 5.41) is 1.69. The number of hydrogen-bond acceptors (Lipinski definition) is 8. The van der Waals surface area contributed by atoms with Crippen LogP contribution in [-0.2, 0) is 25.5 Å². The third kappa shape index (κ3) is 8.17. The smallest absolute Gasteiger partial charge is 0.343 e. The molecule has 4 aromatic carbocycles. The second-order valence-electron chi connectivity index (χ2n) is 9.74. The number of benzene rings is 4. The van der Waals surface area contributed by atoms with Crippen LogP contribution < -0.4 is 14.2 Å². The van der Waals surface area contributed by atoms with Gasteiger partial charge in [-0.3, -0.25) is 0 Å². The van der Waals surface area contributed by atoms with Crippen molar-refractivity contribution in [2.24, 2.45) is 0 Å². The van der Waals surface area contributed by atoms with Crippen LogP contribution in [0.4, 0.5) is 0 Å². The molecule has 0 saturated heterocycles. The molecule has 0 radical (unpaired) electrons. The number of esters is 4. The van der Waals surface area contributed by atoms with E-state index in [9.17, 15) is 19.2 Å². The Labute approximate surface area is 254 Å². The third-order valence-electron chi connectivity index (χ3n) is 6.43. The SMILES string of the molecule is C=CC(=O)Oc1ccc(-c2ccc3cc(C(=O)Oc4ccc(CCCOC(=O)C(=C)C)cc4)ccc3c2)cc1OC(=O)C=C. The molecule has 44 heavy (non-hydrogen) atoms. The number of carbonyl (C=O) groups excluding carboxylic acids is 4. The van der Waals surface area contributed by atoms with Gasteiger partial charge in [-0.2, -0.15) is 0 Å². The summed E-state index contributed by atoms with van der Waals surface area (Å²) in [5.41, 5.74) is 3.29. The molecule has 0 amide bonds. The average Bonchev–Trinajstić information content (AvgIpc) is 3.03. The summed E-state index contributed by atoms with van der Waals surface area (Å²) < 4.78 is 21.2. The van der Waals surface area contributed by atoms with Gasteiger partial charge in [0.15, 0.2) is 11.5 Å². The van der Waals surface area contributed by atoms with Crippen molar-refractivity contribution in [3.8, 4) is 28.4 Å². The Morgan fingerprint density at radius 2 is 1.32 bits per heavy atom. The Morgan fingerprint density at radius 1 is 0.705 bits per heavy atom. The topological polar surface area (TPSA) is 105 Å². The van der Waals surface area contributed by atoms with E-state index in [-0.39, 0.29) is 11.5 Å². The Bertz CT molecular complexity index is 1770. The van der Waals surface area contributed by atoms with Gasteiger partial charge in [0.25, 0.3) is 0 Å². The maximum absolute atomic E-state index is 12.9. The lowest BCUT2D eigenvalue weighted by Crippen LogP contribution is -2.08. The fraction of sp³-hybridized carbons (Fsp3) is 0.111. The van der Waals surface area contributed by atoms with Gasteiger partial charge in [-0.1, -0.05) is 56.1 Å². The van der Waals surface area contributed by atoms with Crippen LogP contribution in [0.25, 0.3) is 21.9 Å². The summed E-state index contributed by atoms with van der Waals surface area (Å²) in [6.45, 7) is 12.2. The first-order chi connectivity index (χ1) is 21.2. The van der Waals surface area contributed by atoms with Crippen LogP contribution in [0.2, 0.25) is 0 Å². The number of carbonyl (C=O) groups is 4. The first-order valence-corrected chi connectivity index (χ1v) is 13.7. The van der Waals surface area contributed by atoms with Crippen molar-refractivity contribution < 1.29 is 38.1 Å². The number of aryl methyl sites for hydroxylation is 1. The number of rotatable bonds is 12. The molecule has 0 heterocycles. The van der Waals surface area contributed by atoms with Gasteiger partial charge < -0.3 is 18.9 Å². The van der Waals surface area contributed by atoms with Crippen molar-refractivity contribution in [3.63, 3.8) is 0 Å². The molecule has 0 atom stereocenters. The molecule has 0 unspecified atom stereocenters. The highest BCUT2D eigenvalue weighted by Crippen LogP contribution is 2.34. The highest BCUT2D eigenvalue weighted by atomic mass is 16.6. The Morgan fingerprint density at radius 3 is 2.00 bits per heavy atom. The maximum atomic E-state index is 12.9. The van der Waals surface area contributed by atoms with Crippen molar-refractivity contribution in [2.75, 3.05) is 6.61 Å². The van der Waals surface area contributed by atoms with Crippen LogP contribution in [0.15, 0.2) is 116 Å². The second kappa shape index (κ2) is 14.4. The molecule has 0 aliphatic rings. The summed E-state index contributed by atoms with van der Waals surface area (Å²) in [6, 6.07) is 22.9. The van der Waals surface area contributed by atoms with Crippen molar-refractivity contribution >= 4 is 34.6 Å². The van der Waals surface area contributed by atoms with Crippen LogP contribution in [0.3, 0.4) is 0 Å². The van der Waals surface area contributed by atoms with Gasteiger partial charge in [-0.05, 0) is 89.7 Å². The van der Waals surface area contributed by atoms with Crippen LogP contribution in [-0.4, -0.2) is 30.5 Å². The largest absolute Gasteiger partial charge is 0.462 e. The molecular formula is C36H30O8. The maximum Gasteiger partial charge on any atom is 0.343 e. The monoisotopic (exact) mass is 590 g/mol. The normalized spacial score (nSPS) is 10.4. The summed E-state index contributed by atoms with van der Waals surface area (Å²) in [6.07, 6.45) is 3.39. The van der Waals surface area contributed by atoms with Crippen LogP contribution in [0.5, 0.6) is 17.2 Å². The first kappa shape index (κ1) is 31.2. The quantitative estimate of drug-likeness (QED) is 0.0755. The molecule has 4 rings (SSSR count). The van der Waals surface area contributed by atoms with E-state index in [1.807, 2.05) is 36.4 Å². The van der Waals surface area contributed by atoms with E-state index in [2.05, 4.69) is 19.7 Å². The predicted molar refractivity (Wildman–Crippen MR) is 167 cm³/mol. The fourth-order valence-corrected chi connectivity index (χ4v) is 4.16. The van der Waals surface area contributed by atoms with E-state index in [1.165, 1.54) is 6.07 Å². The lowest BCUT2D eigenvalue weighted by atomic mass is 9.99. The number of hydrogen-bond donors (Lipinski definition) is 0. The minimum atomic E-state index is -0.703. The summed E-state index contributed by atoms with van der Waals surface area (Å²) in [4.78, 5) is 47.9. The van der Waals surface area contributed by atoms with Gasteiger partial charge in [0, 0.05) is 17.7 Å². The van der Waals surface area contributed by atoms with Gasteiger partial charge in [0.2, 0.25) is 0 Å². The van der Waals surface area contributed by atoms with Gasteiger partial charge >= 0.3 is 23.9 Å². The zero-order valence-electron chi connectivity index (χ0n) is 24.2. The van der Waals surface area contributed by atoms with Gasteiger partial charge in [0.1, 0.15) is 5.75 Å². The number of ether oxygens (including phenoxy) is 4. The van der Waals surface area contributed by atoms with Crippen molar-refractivity contribution in [1.29, 1.82) is 0 Å². The fourth-order valence-electron chi connectivity index (χ4n) is 4.16. The summed E-state index contributed by atoms with van der Waals surface area (Å²) >= 11 is 0. The molecule has 0 bridgehead atoms. The predicted octanol–water partition coefficient (Wildman–Crippen LogP) is 6.96. The Hall–Kier alpha value is -5.76. The van der Waals surface area contributed by atoms with Gasteiger partial charge in [-0.25, -0.2) is 19.2 Å². The van der Waals surface area contributed by atoms with Crippen LogP contribution >= 0.6 is 0 Å². The second-order valence-corrected chi connectivity index (χ2v) is 9.74. The molecule has 8 nitrogen and oxygen atoms in total. The molecule has 8 heteroatoms. The standard InChI is InChI=1S/C36H30O8/c1-5-33(37)43-31-18-15-28(22-32(31)44-34(38)6-2)26-11-12-27-21-29(14-13-25(27)20-26)36(40)42-30-16-9-24(10-17-30)8-7-19-41-35(39)23(3)4/h5-6,9-18,20-22H,1-3,7-8,19H2,4H3. The molecule has 0 spiro atoms. The molecule has 222 valence electrons. The molecular weight excluding hydrogens is 560 g/mol.